The Labute approximate surface area is 188 Å². The lowest BCUT2D eigenvalue weighted by Crippen LogP contribution is -2.34. The summed E-state index contributed by atoms with van der Waals surface area (Å²) in [6.45, 7) is 2.00. The molecule has 0 aliphatic heterocycles. The first-order valence-corrected chi connectivity index (χ1v) is 11.8. The Kier molecular flexibility index (Phi) is 8.54. The van der Waals surface area contributed by atoms with Crippen molar-refractivity contribution in [2.24, 2.45) is 0 Å². The molecule has 0 fully saturated rings. The van der Waals surface area contributed by atoms with Crippen LogP contribution in [0.2, 0.25) is 0 Å². The predicted molar refractivity (Wildman–Crippen MR) is 123 cm³/mol. The number of aromatic nitrogens is 2. The lowest BCUT2D eigenvalue weighted by Gasteiger charge is -2.13. The second kappa shape index (κ2) is 11.6. The maximum Gasteiger partial charge on any atom is 0.286 e. The molecule has 3 aromatic rings. The molecule has 3 rings (SSSR count). The van der Waals surface area contributed by atoms with E-state index in [0.717, 1.165) is 24.2 Å². The maximum atomic E-state index is 13.2. The first-order valence-electron chi connectivity index (χ1n) is 9.80. The highest BCUT2D eigenvalue weighted by Crippen LogP contribution is 2.18. The van der Waals surface area contributed by atoms with E-state index < -0.39 is 11.7 Å². The topological polar surface area (TPSA) is 84.0 Å². The van der Waals surface area contributed by atoms with E-state index in [0.29, 0.717) is 22.2 Å². The molecule has 0 aliphatic carbocycles. The molecule has 162 valence electrons. The summed E-state index contributed by atoms with van der Waals surface area (Å²) in [6.07, 6.45) is 1.79. The van der Waals surface area contributed by atoms with Gasteiger partial charge in [0.15, 0.2) is 0 Å². The van der Waals surface area contributed by atoms with Crippen LogP contribution in [0.3, 0.4) is 0 Å². The molecule has 0 saturated carbocycles. The molecule has 1 aromatic heterocycles. The molecule has 2 amide bonds. The minimum Gasteiger partial charge on any atom is -0.353 e. The van der Waals surface area contributed by atoms with Crippen molar-refractivity contribution in [2.45, 2.75) is 31.6 Å². The van der Waals surface area contributed by atoms with Crippen LogP contribution in [-0.2, 0) is 17.0 Å². The van der Waals surface area contributed by atoms with Crippen molar-refractivity contribution in [3.05, 3.63) is 76.0 Å². The summed E-state index contributed by atoms with van der Waals surface area (Å²) >= 11 is 2.57. The molecule has 1 atom stereocenters. The van der Waals surface area contributed by atoms with E-state index in [-0.39, 0.29) is 17.0 Å². The van der Waals surface area contributed by atoms with Crippen LogP contribution in [0.25, 0.3) is 0 Å². The predicted octanol–water partition coefficient (Wildman–Crippen LogP) is 4.30. The van der Waals surface area contributed by atoms with E-state index >= 15 is 0 Å². The van der Waals surface area contributed by atoms with Gasteiger partial charge in [-0.15, -0.1) is 22.0 Å². The molecule has 0 radical (unpaired) electrons. The molecule has 9 heteroatoms. The van der Waals surface area contributed by atoms with Crippen molar-refractivity contribution in [3.8, 4) is 0 Å². The van der Waals surface area contributed by atoms with E-state index in [1.807, 2.05) is 25.1 Å². The van der Waals surface area contributed by atoms with Crippen molar-refractivity contribution in [2.75, 3.05) is 11.1 Å². The Morgan fingerprint density at radius 3 is 2.71 bits per heavy atom. The fourth-order valence-electron chi connectivity index (χ4n) is 2.80. The van der Waals surface area contributed by atoms with Gasteiger partial charge in [0.05, 0.1) is 5.75 Å². The number of nitrogens with one attached hydrogen (secondary N) is 2. The Balaban J connectivity index is 1.37. The summed E-state index contributed by atoms with van der Waals surface area (Å²) < 4.78 is 13.2. The molecule has 0 bridgehead atoms. The quantitative estimate of drug-likeness (QED) is 0.473. The highest BCUT2D eigenvalue weighted by Gasteiger charge is 2.14. The van der Waals surface area contributed by atoms with Crippen LogP contribution in [-0.4, -0.2) is 33.8 Å². The fraction of sp³-hybridized carbons (Fsp3) is 0.273. The minimum absolute atomic E-state index is 0.0286. The van der Waals surface area contributed by atoms with Gasteiger partial charge in [-0.05, 0) is 43.5 Å². The molecule has 0 spiro atoms. The zero-order chi connectivity index (χ0) is 22.1. The Bertz CT molecular complexity index is 1010. The van der Waals surface area contributed by atoms with Crippen LogP contribution in [0.1, 0.15) is 33.7 Å². The first-order chi connectivity index (χ1) is 15.0. The van der Waals surface area contributed by atoms with Gasteiger partial charge in [-0.3, -0.25) is 9.59 Å². The molecule has 2 N–H and O–H groups in total. The van der Waals surface area contributed by atoms with Gasteiger partial charge in [-0.2, -0.15) is 0 Å². The van der Waals surface area contributed by atoms with Gasteiger partial charge >= 0.3 is 0 Å². The second-order valence-electron chi connectivity index (χ2n) is 6.95. The van der Waals surface area contributed by atoms with E-state index in [2.05, 4.69) is 33.0 Å². The van der Waals surface area contributed by atoms with E-state index in [1.165, 1.54) is 35.5 Å². The summed E-state index contributed by atoms with van der Waals surface area (Å²) in [7, 11) is 0. The van der Waals surface area contributed by atoms with Gasteiger partial charge in [0, 0.05) is 17.5 Å². The molecule has 1 heterocycles. The summed E-state index contributed by atoms with van der Waals surface area (Å²) in [5, 5.41) is 14.3. The van der Waals surface area contributed by atoms with Crippen LogP contribution < -0.4 is 10.6 Å². The zero-order valence-electron chi connectivity index (χ0n) is 17.0. The van der Waals surface area contributed by atoms with E-state index in [1.54, 1.807) is 6.07 Å². The molecule has 31 heavy (non-hydrogen) atoms. The van der Waals surface area contributed by atoms with Gasteiger partial charge in [-0.1, -0.05) is 47.7 Å². The number of amides is 2. The van der Waals surface area contributed by atoms with Gasteiger partial charge < -0.3 is 10.6 Å². The second-order valence-corrected chi connectivity index (χ2v) is 9.00. The number of anilines is 1. The number of benzene rings is 2. The van der Waals surface area contributed by atoms with Crippen molar-refractivity contribution < 1.29 is 14.0 Å². The van der Waals surface area contributed by atoms with Crippen molar-refractivity contribution in [1.29, 1.82) is 0 Å². The van der Waals surface area contributed by atoms with E-state index in [4.69, 9.17) is 0 Å². The van der Waals surface area contributed by atoms with E-state index in [9.17, 15) is 14.0 Å². The number of thioether (sulfide) groups is 1. The highest BCUT2D eigenvalue weighted by molar-refractivity contribution is 7.99. The smallest absolute Gasteiger partial charge is 0.286 e. The summed E-state index contributed by atoms with van der Waals surface area (Å²) in [5.41, 5.74) is 1.61. The lowest BCUT2D eigenvalue weighted by atomic mass is 10.1. The minimum atomic E-state index is -0.440. The number of carbonyl (C=O) groups is 2. The first kappa shape index (κ1) is 22.9. The lowest BCUT2D eigenvalue weighted by molar-refractivity contribution is -0.119. The summed E-state index contributed by atoms with van der Waals surface area (Å²) in [6, 6.07) is 15.9. The van der Waals surface area contributed by atoms with Gasteiger partial charge in [0.2, 0.25) is 10.9 Å². The Morgan fingerprint density at radius 1 is 1.13 bits per heavy atom. The number of nitrogens with zero attached hydrogens (tertiary/aromatic N) is 2. The zero-order valence-corrected chi connectivity index (χ0v) is 18.6. The largest absolute Gasteiger partial charge is 0.353 e. The molecular weight excluding hydrogens is 435 g/mol. The normalized spacial score (nSPS) is 11.7. The highest BCUT2D eigenvalue weighted by atomic mass is 32.2. The van der Waals surface area contributed by atoms with Crippen LogP contribution in [0, 0.1) is 5.82 Å². The number of aryl methyl sites for hydroxylation is 1. The van der Waals surface area contributed by atoms with Crippen LogP contribution in [0.4, 0.5) is 10.1 Å². The van der Waals surface area contributed by atoms with Gasteiger partial charge in [0.25, 0.3) is 5.91 Å². The van der Waals surface area contributed by atoms with Crippen LogP contribution >= 0.6 is 23.1 Å². The van der Waals surface area contributed by atoms with Crippen LogP contribution in [0.5, 0.6) is 0 Å². The number of carbonyl (C=O) groups excluding carboxylic acids is 2. The summed E-state index contributed by atoms with van der Waals surface area (Å²) in [4.78, 5) is 24.3. The number of hydrogen-bond acceptors (Lipinski definition) is 6. The third-order valence-electron chi connectivity index (χ3n) is 4.32. The number of rotatable bonds is 10. The maximum absolute atomic E-state index is 13.2. The molecule has 0 saturated heterocycles. The molecule has 2 aromatic carbocycles. The van der Waals surface area contributed by atoms with Gasteiger partial charge in [-0.25, -0.2) is 4.39 Å². The fourth-order valence-corrected chi connectivity index (χ4v) is 4.42. The third-order valence-corrected chi connectivity index (χ3v) is 6.37. The molecule has 0 aliphatic rings. The van der Waals surface area contributed by atoms with Gasteiger partial charge in [0.1, 0.15) is 10.8 Å². The number of hydrogen-bond donors (Lipinski definition) is 2. The van der Waals surface area contributed by atoms with Crippen LogP contribution in [0.15, 0.2) is 54.6 Å². The molecule has 1 unspecified atom stereocenters. The Hall–Kier alpha value is -2.78. The summed E-state index contributed by atoms with van der Waals surface area (Å²) in [5.74, 6) is -0.111. The average Bonchev–Trinajstić information content (AvgIpc) is 3.22. The monoisotopic (exact) mass is 458 g/mol. The van der Waals surface area contributed by atoms with Crippen molar-refractivity contribution in [1.82, 2.24) is 15.5 Å². The van der Waals surface area contributed by atoms with Crippen molar-refractivity contribution in [3.63, 3.8) is 0 Å². The molecule has 6 nitrogen and oxygen atoms in total. The Morgan fingerprint density at radius 2 is 1.94 bits per heavy atom. The SMILES string of the molecule is CC(CCc1ccccc1)NC(=O)CSCc1nnc(C(=O)Nc2cccc(F)c2)s1. The molecular formula is C22H23FN4O2S2. The third kappa shape index (κ3) is 7.76. The standard InChI is InChI=1S/C22H23FN4O2S2/c1-15(10-11-16-6-3-2-4-7-16)24-19(28)13-30-14-20-26-27-22(31-20)21(29)25-18-9-5-8-17(23)12-18/h2-9,12,15H,10-11,13-14H2,1H3,(H,24,28)(H,25,29). The number of halogens is 1. The van der Waals surface area contributed by atoms with Crippen molar-refractivity contribution >= 4 is 40.6 Å². The average molecular weight is 459 g/mol.